The van der Waals surface area contributed by atoms with Gasteiger partial charge in [-0.15, -0.1) is 11.3 Å². The van der Waals surface area contributed by atoms with Crippen molar-refractivity contribution in [2.24, 2.45) is 0 Å². The predicted molar refractivity (Wildman–Crippen MR) is 89.8 cm³/mol. The lowest BCUT2D eigenvalue weighted by Gasteiger charge is -2.22. The molecule has 0 aliphatic heterocycles. The Kier molecular flexibility index (Phi) is 4.93. The van der Waals surface area contributed by atoms with Gasteiger partial charge in [-0.05, 0) is 40.7 Å². The average molecular weight is 281 g/mol. The molecule has 19 heavy (non-hydrogen) atoms. The molecule has 1 aromatic heterocycles. The Hall–Kier alpha value is -0.300. The Morgan fingerprint density at radius 2 is 1.37 bits per heavy atom. The summed E-state index contributed by atoms with van der Waals surface area (Å²) >= 11 is 2.07. The van der Waals surface area contributed by atoms with Gasteiger partial charge < -0.3 is 0 Å². The molecule has 0 aliphatic carbocycles. The van der Waals surface area contributed by atoms with E-state index in [4.69, 9.17) is 0 Å². The van der Waals surface area contributed by atoms with Crippen molar-refractivity contribution in [3.05, 3.63) is 20.9 Å². The quantitative estimate of drug-likeness (QED) is 0.599. The Balaban J connectivity index is 3.60. The molecule has 110 valence electrons. The minimum atomic E-state index is 0.261. The second-order valence-electron chi connectivity index (χ2n) is 7.82. The van der Waals surface area contributed by atoms with Gasteiger partial charge >= 0.3 is 0 Å². The van der Waals surface area contributed by atoms with E-state index in [1.807, 2.05) is 0 Å². The van der Waals surface area contributed by atoms with Gasteiger partial charge in [0.1, 0.15) is 0 Å². The number of hydrogen-bond acceptors (Lipinski definition) is 1. The predicted octanol–water partition coefficient (Wildman–Crippen LogP) is 6.42. The molecule has 0 bridgehead atoms. The van der Waals surface area contributed by atoms with E-state index in [-0.39, 0.29) is 10.8 Å². The molecule has 0 nitrogen and oxygen atoms in total. The third kappa shape index (κ3) is 3.42. The van der Waals surface area contributed by atoms with Crippen LogP contribution in [0.1, 0.15) is 95.5 Å². The fourth-order valence-corrected chi connectivity index (χ4v) is 4.35. The molecule has 1 rings (SSSR count). The van der Waals surface area contributed by atoms with Gasteiger partial charge in [0.15, 0.2) is 0 Å². The highest BCUT2D eigenvalue weighted by Crippen LogP contribution is 2.46. The van der Waals surface area contributed by atoms with Gasteiger partial charge in [-0.25, -0.2) is 0 Å². The monoisotopic (exact) mass is 280 g/mol. The van der Waals surface area contributed by atoms with Crippen LogP contribution in [0.2, 0.25) is 0 Å². The summed E-state index contributed by atoms with van der Waals surface area (Å²) in [5.74, 6) is 0.677. The lowest BCUT2D eigenvalue weighted by molar-refractivity contribution is 0.580. The fraction of sp³-hybridized carbons (Fsp3) is 0.778. The van der Waals surface area contributed by atoms with Gasteiger partial charge in [0.05, 0.1) is 0 Å². The largest absolute Gasteiger partial charge is 0.144 e. The molecule has 0 aromatic carbocycles. The summed E-state index contributed by atoms with van der Waals surface area (Å²) in [5, 5.41) is 0. The molecule has 1 heterocycles. The molecule has 0 amide bonds. The Bertz CT molecular complexity index is 424. The molecule has 0 saturated heterocycles. The third-order valence-corrected chi connectivity index (χ3v) is 5.97. The zero-order valence-electron chi connectivity index (χ0n) is 14.4. The van der Waals surface area contributed by atoms with Gasteiger partial charge in [0, 0.05) is 9.75 Å². The van der Waals surface area contributed by atoms with Gasteiger partial charge in [-0.1, -0.05) is 62.3 Å². The molecule has 0 fully saturated rings. The molecular weight excluding hydrogens is 248 g/mol. The first-order valence-electron chi connectivity index (χ1n) is 7.70. The van der Waals surface area contributed by atoms with E-state index in [0.717, 1.165) is 0 Å². The third-order valence-electron chi connectivity index (χ3n) is 3.87. The summed E-state index contributed by atoms with van der Waals surface area (Å²) in [6.07, 6.45) is 2.40. The normalized spacial score (nSPS) is 14.8. The van der Waals surface area contributed by atoms with Gasteiger partial charge in [0.25, 0.3) is 0 Å². The summed E-state index contributed by atoms with van der Waals surface area (Å²) in [6, 6.07) is 0. The van der Waals surface area contributed by atoms with E-state index in [9.17, 15) is 0 Å². The topological polar surface area (TPSA) is 0 Å². The summed E-state index contributed by atoms with van der Waals surface area (Å²) < 4.78 is 0. The van der Waals surface area contributed by atoms with Crippen LogP contribution in [0.5, 0.6) is 0 Å². The molecule has 1 heteroatoms. The highest BCUT2D eigenvalue weighted by atomic mass is 32.1. The van der Waals surface area contributed by atoms with E-state index < -0.39 is 0 Å². The van der Waals surface area contributed by atoms with Crippen LogP contribution in [0.3, 0.4) is 0 Å². The van der Waals surface area contributed by atoms with Crippen molar-refractivity contribution >= 4 is 11.3 Å². The molecule has 0 radical (unpaired) electrons. The van der Waals surface area contributed by atoms with Crippen molar-refractivity contribution in [2.75, 3.05) is 0 Å². The number of thiophene rings is 1. The van der Waals surface area contributed by atoms with Crippen LogP contribution in [0.4, 0.5) is 0 Å². The summed E-state index contributed by atoms with van der Waals surface area (Å²) in [6.45, 7) is 21.1. The van der Waals surface area contributed by atoms with Crippen molar-refractivity contribution in [1.29, 1.82) is 0 Å². The standard InChI is InChI=1S/C18H32S/c1-10-12(3)14-13(11-2)15(17(4,5)6)19-16(14)18(7,8)9/h12H,10-11H2,1-9H3. The second-order valence-corrected chi connectivity index (χ2v) is 8.84. The van der Waals surface area contributed by atoms with Crippen molar-refractivity contribution < 1.29 is 0 Å². The molecule has 0 N–H and O–H groups in total. The Labute approximate surface area is 124 Å². The molecule has 1 atom stereocenters. The molecule has 0 saturated carbocycles. The lowest BCUT2D eigenvalue weighted by atomic mass is 9.81. The van der Waals surface area contributed by atoms with Crippen LogP contribution in [0.15, 0.2) is 0 Å². The van der Waals surface area contributed by atoms with Gasteiger partial charge in [-0.3, -0.25) is 0 Å². The second kappa shape index (κ2) is 5.60. The molecule has 0 spiro atoms. The first-order chi connectivity index (χ1) is 8.54. The maximum absolute atomic E-state index is 2.39. The van der Waals surface area contributed by atoms with Crippen LogP contribution >= 0.6 is 11.3 Å². The number of rotatable bonds is 3. The van der Waals surface area contributed by atoms with E-state index in [2.05, 4.69) is 73.7 Å². The summed E-state index contributed by atoms with van der Waals surface area (Å²) in [7, 11) is 0. The Morgan fingerprint density at radius 1 is 0.895 bits per heavy atom. The molecular formula is C18H32S. The smallest absolute Gasteiger partial charge is 0.0139 e. The highest BCUT2D eigenvalue weighted by Gasteiger charge is 2.31. The van der Waals surface area contributed by atoms with Crippen molar-refractivity contribution in [2.45, 2.75) is 91.9 Å². The maximum Gasteiger partial charge on any atom is 0.0139 e. The lowest BCUT2D eigenvalue weighted by Crippen LogP contribution is -2.13. The first-order valence-corrected chi connectivity index (χ1v) is 8.52. The molecule has 1 aromatic rings. The van der Waals surface area contributed by atoms with Crippen LogP contribution in [0, 0.1) is 0 Å². The molecule has 1 unspecified atom stereocenters. The SMILES string of the molecule is CCc1c(C(C)(C)C)sc(C(C)(C)C)c1C(C)CC. The summed E-state index contributed by atoms with van der Waals surface area (Å²) in [5.41, 5.74) is 3.82. The van der Waals surface area contributed by atoms with Crippen LogP contribution in [-0.2, 0) is 17.3 Å². The van der Waals surface area contributed by atoms with Crippen molar-refractivity contribution in [1.82, 2.24) is 0 Å². The highest BCUT2D eigenvalue weighted by molar-refractivity contribution is 7.12. The van der Waals surface area contributed by atoms with Crippen LogP contribution in [-0.4, -0.2) is 0 Å². The maximum atomic E-state index is 2.39. The minimum Gasteiger partial charge on any atom is -0.144 e. The van der Waals surface area contributed by atoms with E-state index in [0.29, 0.717) is 5.92 Å². The van der Waals surface area contributed by atoms with Gasteiger partial charge in [-0.2, -0.15) is 0 Å². The van der Waals surface area contributed by atoms with E-state index >= 15 is 0 Å². The van der Waals surface area contributed by atoms with Crippen LogP contribution in [0.25, 0.3) is 0 Å². The molecule has 0 aliphatic rings. The van der Waals surface area contributed by atoms with E-state index in [1.54, 1.807) is 20.9 Å². The van der Waals surface area contributed by atoms with Crippen molar-refractivity contribution in [3.8, 4) is 0 Å². The van der Waals surface area contributed by atoms with E-state index in [1.165, 1.54) is 12.8 Å². The Morgan fingerprint density at radius 3 is 1.68 bits per heavy atom. The zero-order chi connectivity index (χ0) is 15.0. The first kappa shape index (κ1) is 16.8. The number of hydrogen-bond donors (Lipinski definition) is 0. The summed E-state index contributed by atoms with van der Waals surface area (Å²) in [4.78, 5) is 3.22. The van der Waals surface area contributed by atoms with Crippen molar-refractivity contribution in [3.63, 3.8) is 0 Å². The van der Waals surface area contributed by atoms with Crippen LogP contribution < -0.4 is 0 Å². The average Bonchev–Trinajstić information content (AvgIpc) is 2.66. The van der Waals surface area contributed by atoms with Gasteiger partial charge in [0.2, 0.25) is 0 Å². The minimum absolute atomic E-state index is 0.261. The fourth-order valence-electron chi connectivity index (χ4n) is 2.72. The zero-order valence-corrected chi connectivity index (χ0v) is 15.2.